The molecule has 3 rings (SSSR count). The zero-order chi connectivity index (χ0) is 14.4. The van der Waals surface area contributed by atoms with Crippen LogP contribution in [0.1, 0.15) is 12.2 Å². The van der Waals surface area contributed by atoms with Gasteiger partial charge in [0.25, 0.3) is 5.75 Å². The van der Waals surface area contributed by atoms with Gasteiger partial charge in [-0.2, -0.15) is 0 Å². The second-order valence-electron chi connectivity index (χ2n) is 4.44. The van der Waals surface area contributed by atoms with Crippen LogP contribution in [0.3, 0.4) is 0 Å². The normalized spacial score (nSPS) is 13.4. The molecule has 0 saturated carbocycles. The monoisotopic (exact) mass is 278 g/mol. The van der Waals surface area contributed by atoms with E-state index in [1.807, 2.05) is 0 Å². The molecule has 0 spiro atoms. The Hall–Kier alpha value is -2.71. The molecule has 1 aliphatic heterocycles. The average Bonchev–Trinajstić information content (AvgIpc) is 2.96. The van der Waals surface area contributed by atoms with Gasteiger partial charge in [0.2, 0.25) is 0 Å². The molecule has 0 N–H and O–H groups in total. The summed E-state index contributed by atoms with van der Waals surface area (Å²) < 4.78 is 6.66. The number of imidazole rings is 1. The summed E-state index contributed by atoms with van der Waals surface area (Å²) in [5.41, 5.74) is -0.302. The van der Waals surface area contributed by atoms with Crippen molar-refractivity contribution < 1.29 is 14.6 Å². The molecule has 0 unspecified atom stereocenters. The lowest BCUT2D eigenvalue weighted by atomic mass is 10.2. The molecule has 0 aliphatic carbocycles. The predicted octanol–water partition coefficient (Wildman–Crippen LogP) is 1.81. The number of benzene rings is 1. The number of aromatic nitrogens is 2. The second kappa shape index (κ2) is 4.15. The highest BCUT2D eigenvalue weighted by molar-refractivity contribution is 5.92. The van der Waals surface area contributed by atoms with Gasteiger partial charge in [-0.15, -0.1) is 0 Å². The molecule has 1 aliphatic rings. The molecule has 0 radical (unpaired) electrons. The van der Waals surface area contributed by atoms with Gasteiger partial charge in [-0.25, -0.2) is 4.98 Å². The third kappa shape index (κ3) is 1.52. The van der Waals surface area contributed by atoms with Crippen LogP contribution in [0.4, 0.5) is 11.4 Å². The predicted molar refractivity (Wildman–Crippen MR) is 67.9 cm³/mol. The molecule has 1 aromatic carbocycles. The van der Waals surface area contributed by atoms with E-state index in [1.54, 1.807) is 4.57 Å². The number of hydrogen-bond acceptors (Lipinski definition) is 6. The van der Waals surface area contributed by atoms with Gasteiger partial charge in [0.15, 0.2) is 5.52 Å². The quantitative estimate of drug-likeness (QED) is 0.624. The smallest absolute Gasteiger partial charge is 0.345 e. The Morgan fingerprint density at radius 3 is 2.70 bits per heavy atom. The topological polar surface area (TPSA) is 113 Å². The van der Waals surface area contributed by atoms with Crippen LogP contribution < -0.4 is 4.74 Å². The molecular formula is C11H10N4O5. The van der Waals surface area contributed by atoms with E-state index < -0.39 is 21.2 Å². The fourth-order valence-corrected chi connectivity index (χ4v) is 2.60. The largest absolute Gasteiger partial charge is 0.485 e. The van der Waals surface area contributed by atoms with Crippen LogP contribution in [-0.2, 0) is 13.0 Å². The Morgan fingerprint density at radius 2 is 2.10 bits per heavy atom. The first-order valence-electron chi connectivity index (χ1n) is 5.93. The summed E-state index contributed by atoms with van der Waals surface area (Å²) in [7, 11) is 1.17. The van der Waals surface area contributed by atoms with Crippen LogP contribution in [0.15, 0.2) is 6.07 Å². The first kappa shape index (κ1) is 12.3. The Balaban J connectivity index is 2.46. The molecule has 0 fully saturated rings. The van der Waals surface area contributed by atoms with Crippen molar-refractivity contribution >= 4 is 22.4 Å². The molecule has 0 amide bonds. The second-order valence-corrected chi connectivity index (χ2v) is 4.44. The first-order chi connectivity index (χ1) is 9.54. The maximum atomic E-state index is 11.3. The Morgan fingerprint density at radius 1 is 1.35 bits per heavy atom. The van der Waals surface area contributed by atoms with Crippen molar-refractivity contribution in [3.05, 3.63) is 32.1 Å². The summed E-state index contributed by atoms with van der Waals surface area (Å²) in [4.78, 5) is 25.2. The summed E-state index contributed by atoms with van der Waals surface area (Å²) >= 11 is 0. The maximum Gasteiger partial charge on any atom is 0.345 e. The minimum absolute atomic E-state index is 0.146. The van der Waals surface area contributed by atoms with E-state index in [-0.39, 0.29) is 11.3 Å². The van der Waals surface area contributed by atoms with Crippen LogP contribution in [0, 0.1) is 20.2 Å². The number of nitro groups is 2. The van der Waals surface area contributed by atoms with Gasteiger partial charge in [-0.1, -0.05) is 0 Å². The summed E-state index contributed by atoms with van der Waals surface area (Å²) in [6, 6.07) is 1.29. The third-order valence-corrected chi connectivity index (χ3v) is 3.40. The molecule has 104 valence electrons. The fraction of sp³-hybridized carbons (Fsp3) is 0.364. The number of nitrogens with zero attached hydrogens (tertiary/aromatic N) is 4. The molecule has 2 aromatic rings. The van der Waals surface area contributed by atoms with Gasteiger partial charge >= 0.3 is 11.4 Å². The molecule has 0 bridgehead atoms. The molecular weight excluding hydrogens is 268 g/mol. The fourth-order valence-electron chi connectivity index (χ4n) is 2.60. The van der Waals surface area contributed by atoms with Crippen LogP contribution in [0.5, 0.6) is 5.75 Å². The van der Waals surface area contributed by atoms with Gasteiger partial charge in [0.05, 0.1) is 22.5 Å². The van der Waals surface area contributed by atoms with Crippen molar-refractivity contribution in [2.24, 2.45) is 0 Å². The summed E-state index contributed by atoms with van der Waals surface area (Å²) in [5, 5.41) is 22.3. The maximum absolute atomic E-state index is 11.3. The van der Waals surface area contributed by atoms with Crippen LogP contribution in [-0.4, -0.2) is 26.5 Å². The van der Waals surface area contributed by atoms with E-state index in [0.29, 0.717) is 24.3 Å². The minimum atomic E-state index is -0.684. The van der Waals surface area contributed by atoms with Gasteiger partial charge < -0.3 is 9.30 Å². The highest BCUT2D eigenvalue weighted by Crippen LogP contribution is 2.43. The highest BCUT2D eigenvalue weighted by atomic mass is 16.6. The Kier molecular flexibility index (Phi) is 2.56. The molecule has 9 nitrogen and oxygen atoms in total. The first-order valence-corrected chi connectivity index (χ1v) is 5.93. The van der Waals surface area contributed by atoms with Crippen molar-refractivity contribution in [3.8, 4) is 5.75 Å². The summed E-state index contributed by atoms with van der Waals surface area (Å²) in [5.74, 6) is 0.356. The number of nitro benzene ring substituents is 2. The van der Waals surface area contributed by atoms with E-state index in [0.717, 1.165) is 6.42 Å². The number of ether oxygens (including phenoxy) is 1. The molecule has 9 heteroatoms. The van der Waals surface area contributed by atoms with E-state index in [1.165, 1.54) is 13.2 Å². The summed E-state index contributed by atoms with van der Waals surface area (Å²) in [6.07, 6.45) is 1.59. The molecule has 20 heavy (non-hydrogen) atoms. The van der Waals surface area contributed by atoms with Crippen molar-refractivity contribution in [2.45, 2.75) is 19.4 Å². The number of aryl methyl sites for hydroxylation is 2. The standard InChI is InChI=1S/C11H10N4O5/c1-20-11-7(14(16)17)5-6-9(10(11)15(18)19)12-8-3-2-4-13(6)8/h5H,2-4H2,1H3. The lowest BCUT2D eigenvalue weighted by Gasteiger charge is -2.04. The lowest BCUT2D eigenvalue weighted by molar-refractivity contribution is -0.394. The van der Waals surface area contributed by atoms with Crippen LogP contribution in [0.25, 0.3) is 11.0 Å². The van der Waals surface area contributed by atoms with E-state index in [9.17, 15) is 20.2 Å². The van der Waals surface area contributed by atoms with E-state index in [2.05, 4.69) is 4.98 Å². The van der Waals surface area contributed by atoms with Crippen molar-refractivity contribution in [2.75, 3.05) is 7.11 Å². The number of fused-ring (bicyclic) bond motifs is 3. The van der Waals surface area contributed by atoms with Crippen LogP contribution in [0.2, 0.25) is 0 Å². The van der Waals surface area contributed by atoms with Crippen LogP contribution >= 0.6 is 0 Å². The van der Waals surface area contributed by atoms with Gasteiger partial charge in [-0.05, 0) is 6.42 Å². The van der Waals surface area contributed by atoms with Gasteiger partial charge in [0.1, 0.15) is 5.82 Å². The lowest BCUT2D eigenvalue weighted by Crippen LogP contribution is -2.01. The molecule has 2 heterocycles. The molecule has 0 atom stereocenters. The minimum Gasteiger partial charge on any atom is -0.485 e. The zero-order valence-electron chi connectivity index (χ0n) is 10.5. The molecule has 0 saturated heterocycles. The SMILES string of the molecule is COc1c([N+](=O)[O-])cc2c(nc3n2CCC3)c1[N+](=O)[O-]. The summed E-state index contributed by atoms with van der Waals surface area (Å²) in [6.45, 7) is 0.659. The average molecular weight is 278 g/mol. The van der Waals surface area contributed by atoms with E-state index >= 15 is 0 Å². The zero-order valence-corrected chi connectivity index (χ0v) is 10.5. The highest BCUT2D eigenvalue weighted by Gasteiger charge is 2.34. The van der Waals surface area contributed by atoms with E-state index in [4.69, 9.17) is 4.74 Å². The van der Waals surface area contributed by atoms with Crippen molar-refractivity contribution in [3.63, 3.8) is 0 Å². The van der Waals surface area contributed by atoms with Gasteiger partial charge in [0, 0.05) is 19.0 Å². The van der Waals surface area contributed by atoms with Gasteiger partial charge in [-0.3, -0.25) is 20.2 Å². The van der Waals surface area contributed by atoms with Crippen molar-refractivity contribution in [1.29, 1.82) is 0 Å². The Bertz CT molecular complexity index is 751. The Labute approximate surface area is 112 Å². The number of hydrogen-bond donors (Lipinski definition) is 0. The number of methoxy groups -OCH3 is 1. The van der Waals surface area contributed by atoms with Crippen molar-refractivity contribution in [1.82, 2.24) is 9.55 Å². The number of rotatable bonds is 3. The third-order valence-electron chi connectivity index (χ3n) is 3.40. The molecule has 1 aromatic heterocycles.